The molecule has 0 radical (unpaired) electrons. The van der Waals surface area contributed by atoms with E-state index in [-0.39, 0.29) is 5.91 Å². The van der Waals surface area contributed by atoms with Crippen molar-refractivity contribution in [3.8, 4) is 10.7 Å². The van der Waals surface area contributed by atoms with Crippen molar-refractivity contribution in [2.75, 3.05) is 5.32 Å². The van der Waals surface area contributed by atoms with Gasteiger partial charge in [0.05, 0.1) is 17.9 Å². The third-order valence-electron chi connectivity index (χ3n) is 4.25. The van der Waals surface area contributed by atoms with Crippen molar-refractivity contribution in [3.05, 3.63) is 82.8 Å². The number of nitrogens with one attached hydrogen (secondary N) is 2. The highest BCUT2D eigenvalue weighted by molar-refractivity contribution is 7.13. The number of amides is 1. The molecule has 1 amide bonds. The molecule has 0 aliphatic rings. The zero-order chi connectivity index (χ0) is 20.9. The summed E-state index contributed by atoms with van der Waals surface area (Å²) in [5.74, 6) is 0.383. The molecule has 3 aromatic heterocycles. The van der Waals surface area contributed by atoms with Crippen LogP contribution >= 0.6 is 11.3 Å². The van der Waals surface area contributed by atoms with E-state index in [0.29, 0.717) is 18.1 Å². The van der Waals surface area contributed by atoms with Crippen molar-refractivity contribution < 1.29 is 4.79 Å². The minimum Gasteiger partial charge on any atom is -0.346 e. The first kappa shape index (κ1) is 19.7. The van der Waals surface area contributed by atoms with Gasteiger partial charge in [-0.15, -0.1) is 11.3 Å². The minimum absolute atomic E-state index is 0.156. The number of carbonyl (C=O) groups excluding carboxylic acids is 1. The number of carbonyl (C=O) groups is 1. The van der Waals surface area contributed by atoms with Crippen LogP contribution in [0.2, 0.25) is 0 Å². The molecule has 150 valence electrons. The summed E-state index contributed by atoms with van der Waals surface area (Å²) in [5.41, 5.74) is 4.82. The van der Waals surface area contributed by atoms with E-state index in [0.717, 1.165) is 33.5 Å². The number of hydrogen-bond acceptors (Lipinski definition) is 7. The first-order valence-corrected chi connectivity index (χ1v) is 10.3. The normalized spacial score (nSPS) is 10.6. The molecule has 0 saturated carbocycles. The van der Waals surface area contributed by atoms with Crippen LogP contribution in [-0.4, -0.2) is 25.8 Å². The van der Waals surface area contributed by atoms with Crippen molar-refractivity contribution in [1.29, 1.82) is 0 Å². The highest BCUT2D eigenvalue weighted by atomic mass is 32.1. The molecule has 0 spiro atoms. The van der Waals surface area contributed by atoms with Gasteiger partial charge in [-0.3, -0.25) is 9.78 Å². The topological polar surface area (TPSA) is 92.7 Å². The van der Waals surface area contributed by atoms with Crippen LogP contribution in [0.4, 0.5) is 11.6 Å². The summed E-state index contributed by atoms with van der Waals surface area (Å²) < 4.78 is 0. The molecule has 4 rings (SSSR count). The standard InChI is InChI=1S/C22H20N6OS/c1-14-11-15(2)26-22(25-14)28-17-8-6-16(7-9-17)20(29)24-12-18-13-30-21(27-18)19-5-3-4-10-23-19/h3-11,13H,12H2,1-2H3,(H,24,29)(H,25,26,28). The molecular formula is C22H20N6OS. The summed E-state index contributed by atoms with van der Waals surface area (Å²) in [5, 5.41) is 8.83. The molecule has 0 aliphatic heterocycles. The summed E-state index contributed by atoms with van der Waals surface area (Å²) in [6.45, 7) is 4.21. The molecule has 8 heteroatoms. The lowest BCUT2D eigenvalue weighted by atomic mass is 10.2. The Balaban J connectivity index is 1.35. The Morgan fingerprint density at radius 2 is 1.77 bits per heavy atom. The number of rotatable bonds is 6. The Bertz CT molecular complexity index is 1140. The zero-order valence-corrected chi connectivity index (χ0v) is 17.4. The average molecular weight is 417 g/mol. The molecule has 7 nitrogen and oxygen atoms in total. The van der Waals surface area contributed by atoms with Gasteiger partial charge in [-0.25, -0.2) is 15.0 Å². The number of pyridine rings is 1. The monoisotopic (exact) mass is 416 g/mol. The number of aryl methyl sites for hydroxylation is 2. The van der Waals surface area contributed by atoms with Crippen LogP contribution in [0.3, 0.4) is 0 Å². The van der Waals surface area contributed by atoms with Crippen LogP contribution in [0.15, 0.2) is 60.1 Å². The van der Waals surface area contributed by atoms with E-state index >= 15 is 0 Å². The smallest absolute Gasteiger partial charge is 0.251 e. The van der Waals surface area contributed by atoms with E-state index in [4.69, 9.17) is 0 Å². The van der Waals surface area contributed by atoms with Gasteiger partial charge in [0.2, 0.25) is 5.95 Å². The van der Waals surface area contributed by atoms with Gasteiger partial charge in [0.25, 0.3) is 5.91 Å². The highest BCUT2D eigenvalue weighted by Crippen LogP contribution is 2.21. The quantitative estimate of drug-likeness (QED) is 0.487. The Morgan fingerprint density at radius 1 is 1.00 bits per heavy atom. The largest absolute Gasteiger partial charge is 0.346 e. The van der Waals surface area contributed by atoms with E-state index in [9.17, 15) is 4.79 Å². The Labute approximate surface area is 178 Å². The van der Waals surface area contributed by atoms with Crippen LogP contribution in [0.5, 0.6) is 0 Å². The Morgan fingerprint density at radius 3 is 2.47 bits per heavy atom. The summed E-state index contributed by atoms with van der Waals surface area (Å²) in [4.78, 5) is 30.0. The maximum absolute atomic E-state index is 12.5. The molecule has 0 atom stereocenters. The molecule has 30 heavy (non-hydrogen) atoms. The molecule has 0 bridgehead atoms. The lowest BCUT2D eigenvalue weighted by Gasteiger charge is -2.08. The number of anilines is 2. The van der Waals surface area contributed by atoms with Crippen molar-refractivity contribution in [1.82, 2.24) is 25.3 Å². The first-order valence-electron chi connectivity index (χ1n) is 9.40. The van der Waals surface area contributed by atoms with Crippen LogP contribution in [0.1, 0.15) is 27.4 Å². The van der Waals surface area contributed by atoms with E-state index in [1.165, 1.54) is 11.3 Å². The Kier molecular flexibility index (Phi) is 5.76. The number of nitrogens with zero attached hydrogens (tertiary/aromatic N) is 4. The second kappa shape index (κ2) is 8.79. The van der Waals surface area contributed by atoms with Gasteiger partial charge in [-0.2, -0.15) is 0 Å². The molecule has 1 aromatic carbocycles. The summed E-state index contributed by atoms with van der Waals surface area (Å²) in [7, 11) is 0. The molecule has 0 unspecified atom stereocenters. The molecule has 0 fully saturated rings. The van der Waals surface area contributed by atoms with Gasteiger partial charge in [0, 0.05) is 34.2 Å². The van der Waals surface area contributed by atoms with Gasteiger partial charge in [0.1, 0.15) is 5.01 Å². The second-order valence-electron chi connectivity index (χ2n) is 6.72. The SMILES string of the molecule is Cc1cc(C)nc(Nc2ccc(C(=O)NCc3csc(-c4ccccn4)n3)cc2)n1. The Hall–Kier alpha value is -3.65. The fraction of sp³-hybridized carbons (Fsp3) is 0.136. The summed E-state index contributed by atoms with van der Waals surface area (Å²) in [6, 6.07) is 14.8. The number of hydrogen-bond donors (Lipinski definition) is 2. The lowest BCUT2D eigenvalue weighted by Crippen LogP contribution is -2.22. The average Bonchev–Trinajstić information content (AvgIpc) is 3.22. The molecule has 0 aliphatic carbocycles. The molecule has 0 saturated heterocycles. The molecule has 4 aromatic rings. The second-order valence-corrected chi connectivity index (χ2v) is 7.58. The fourth-order valence-electron chi connectivity index (χ4n) is 2.88. The highest BCUT2D eigenvalue weighted by Gasteiger charge is 2.09. The van der Waals surface area contributed by atoms with Crippen LogP contribution < -0.4 is 10.6 Å². The van der Waals surface area contributed by atoms with Gasteiger partial charge in [0.15, 0.2) is 0 Å². The van der Waals surface area contributed by atoms with E-state index in [2.05, 4.69) is 30.6 Å². The first-order chi connectivity index (χ1) is 14.6. The summed E-state index contributed by atoms with van der Waals surface area (Å²) in [6.07, 6.45) is 1.74. The summed E-state index contributed by atoms with van der Waals surface area (Å²) >= 11 is 1.51. The molecular weight excluding hydrogens is 396 g/mol. The van der Waals surface area contributed by atoms with Gasteiger partial charge in [-0.05, 0) is 56.3 Å². The predicted molar refractivity (Wildman–Crippen MR) is 118 cm³/mol. The third-order valence-corrected chi connectivity index (χ3v) is 5.16. The number of aromatic nitrogens is 4. The van der Waals surface area contributed by atoms with E-state index in [1.807, 2.05) is 55.6 Å². The number of thiazole rings is 1. The number of benzene rings is 1. The molecule has 3 heterocycles. The maximum atomic E-state index is 12.5. The third kappa shape index (κ3) is 4.84. The van der Waals surface area contributed by atoms with Crippen molar-refractivity contribution in [3.63, 3.8) is 0 Å². The van der Waals surface area contributed by atoms with Gasteiger partial charge < -0.3 is 10.6 Å². The lowest BCUT2D eigenvalue weighted by molar-refractivity contribution is 0.0950. The predicted octanol–water partition coefficient (Wildman–Crippen LogP) is 4.29. The van der Waals surface area contributed by atoms with Crippen molar-refractivity contribution in [2.24, 2.45) is 0 Å². The van der Waals surface area contributed by atoms with E-state index < -0.39 is 0 Å². The van der Waals surface area contributed by atoms with Crippen molar-refractivity contribution in [2.45, 2.75) is 20.4 Å². The zero-order valence-electron chi connectivity index (χ0n) is 16.6. The van der Waals surface area contributed by atoms with Crippen LogP contribution in [-0.2, 0) is 6.54 Å². The van der Waals surface area contributed by atoms with Crippen LogP contribution in [0, 0.1) is 13.8 Å². The van der Waals surface area contributed by atoms with Crippen molar-refractivity contribution >= 4 is 28.9 Å². The van der Waals surface area contributed by atoms with Gasteiger partial charge >= 0.3 is 0 Å². The fourth-order valence-corrected chi connectivity index (χ4v) is 3.68. The van der Waals surface area contributed by atoms with Gasteiger partial charge in [-0.1, -0.05) is 6.07 Å². The maximum Gasteiger partial charge on any atom is 0.251 e. The molecule has 2 N–H and O–H groups in total. The van der Waals surface area contributed by atoms with E-state index in [1.54, 1.807) is 18.3 Å². The van der Waals surface area contributed by atoms with Crippen LogP contribution in [0.25, 0.3) is 10.7 Å². The minimum atomic E-state index is -0.156.